The maximum atomic E-state index is 11.1. The Morgan fingerprint density at radius 1 is 1.40 bits per heavy atom. The third-order valence-electron chi connectivity index (χ3n) is 3.06. The first kappa shape index (κ1) is 14.3. The SMILES string of the molecule is CC(=O)Nc1cccc(C(C)NCCn2cccn2)c1. The molecule has 1 heterocycles. The number of anilines is 1. The van der Waals surface area contributed by atoms with Gasteiger partial charge in [0.05, 0.1) is 6.54 Å². The second-order valence-electron chi connectivity index (χ2n) is 4.75. The Hall–Kier alpha value is -2.14. The van der Waals surface area contributed by atoms with E-state index in [1.54, 1.807) is 6.20 Å². The Morgan fingerprint density at radius 2 is 2.25 bits per heavy atom. The summed E-state index contributed by atoms with van der Waals surface area (Å²) in [6, 6.07) is 10.0. The number of aromatic nitrogens is 2. The van der Waals surface area contributed by atoms with Crippen LogP contribution in [0.3, 0.4) is 0 Å². The molecule has 5 heteroatoms. The molecule has 0 fully saturated rings. The Bertz CT molecular complexity index is 551. The van der Waals surface area contributed by atoms with E-state index < -0.39 is 0 Å². The van der Waals surface area contributed by atoms with Gasteiger partial charge in [0.25, 0.3) is 0 Å². The van der Waals surface area contributed by atoms with Gasteiger partial charge < -0.3 is 10.6 Å². The molecule has 0 radical (unpaired) electrons. The molecule has 1 aromatic heterocycles. The number of amides is 1. The number of hydrogen-bond donors (Lipinski definition) is 2. The van der Waals surface area contributed by atoms with Crippen LogP contribution >= 0.6 is 0 Å². The Labute approximate surface area is 119 Å². The van der Waals surface area contributed by atoms with Crippen molar-refractivity contribution in [2.45, 2.75) is 26.4 Å². The molecule has 5 nitrogen and oxygen atoms in total. The van der Waals surface area contributed by atoms with Gasteiger partial charge in [0.2, 0.25) is 5.91 Å². The van der Waals surface area contributed by atoms with Crippen molar-refractivity contribution in [1.82, 2.24) is 15.1 Å². The summed E-state index contributed by atoms with van der Waals surface area (Å²) in [6.07, 6.45) is 3.73. The fraction of sp³-hybridized carbons (Fsp3) is 0.333. The molecular formula is C15H20N4O. The van der Waals surface area contributed by atoms with Gasteiger partial charge in [0.1, 0.15) is 0 Å². The number of hydrogen-bond acceptors (Lipinski definition) is 3. The third-order valence-corrected chi connectivity index (χ3v) is 3.06. The molecule has 0 saturated heterocycles. The minimum Gasteiger partial charge on any atom is -0.326 e. The lowest BCUT2D eigenvalue weighted by Crippen LogP contribution is -2.23. The highest BCUT2D eigenvalue weighted by atomic mass is 16.1. The molecule has 1 atom stereocenters. The molecule has 1 unspecified atom stereocenters. The maximum Gasteiger partial charge on any atom is 0.221 e. The second kappa shape index (κ2) is 6.86. The lowest BCUT2D eigenvalue weighted by atomic mass is 10.1. The molecule has 0 aliphatic rings. The predicted octanol–water partition coefficient (Wildman–Crippen LogP) is 2.19. The Kier molecular flexibility index (Phi) is 4.90. The highest BCUT2D eigenvalue weighted by Gasteiger charge is 2.05. The van der Waals surface area contributed by atoms with Gasteiger partial charge >= 0.3 is 0 Å². The van der Waals surface area contributed by atoms with Crippen molar-refractivity contribution in [3.63, 3.8) is 0 Å². The first-order chi connectivity index (χ1) is 9.65. The average molecular weight is 272 g/mol. The Balaban J connectivity index is 1.88. The molecule has 1 amide bonds. The van der Waals surface area contributed by atoms with Crippen LogP contribution in [0, 0.1) is 0 Å². The van der Waals surface area contributed by atoms with Gasteiger partial charge in [-0.05, 0) is 30.7 Å². The van der Waals surface area contributed by atoms with Gasteiger partial charge in [-0.1, -0.05) is 12.1 Å². The maximum absolute atomic E-state index is 11.1. The van der Waals surface area contributed by atoms with E-state index in [9.17, 15) is 4.79 Å². The highest BCUT2D eigenvalue weighted by molar-refractivity contribution is 5.88. The summed E-state index contributed by atoms with van der Waals surface area (Å²) in [7, 11) is 0. The minimum absolute atomic E-state index is 0.0542. The predicted molar refractivity (Wildman–Crippen MR) is 79.4 cm³/mol. The van der Waals surface area contributed by atoms with Crippen LogP contribution in [0.5, 0.6) is 0 Å². The number of benzene rings is 1. The molecule has 2 N–H and O–H groups in total. The van der Waals surface area contributed by atoms with Crippen molar-refractivity contribution >= 4 is 11.6 Å². The van der Waals surface area contributed by atoms with Crippen molar-refractivity contribution in [2.24, 2.45) is 0 Å². The fourth-order valence-electron chi connectivity index (χ4n) is 2.04. The summed E-state index contributed by atoms with van der Waals surface area (Å²) in [5.41, 5.74) is 1.98. The van der Waals surface area contributed by atoms with Crippen LogP contribution in [-0.2, 0) is 11.3 Å². The van der Waals surface area contributed by atoms with E-state index in [2.05, 4.69) is 28.7 Å². The topological polar surface area (TPSA) is 59.0 Å². The molecule has 106 valence electrons. The normalized spacial score (nSPS) is 12.1. The summed E-state index contributed by atoms with van der Waals surface area (Å²) in [5.74, 6) is -0.0542. The lowest BCUT2D eigenvalue weighted by molar-refractivity contribution is -0.114. The number of nitrogens with zero attached hydrogens (tertiary/aromatic N) is 2. The molecule has 1 aromatic carbocycles. The number of carbonyl (C=O) groups excluding carboxylic acids is 1. The highest BCUT2D eigenvalue weighted by Crippen LogP contribution is 2.17. The zero-order chi connectivity index (χ0) is 14.4. The van der Waals surface area contributed by atoms with Crippen LogP contribution in [0.1, 0.15) is 25.5 Å². The second-order valence-corrected chi connectivity index (χ2v) is 4.75. The van der Waals surface area contributed by atoms with E-state index in [-0.39, 0.29) is 11.9 Å². The van der Waals surface area contributed by atoms with Gasteiger partial charge in [0, 0.05) is 37.6 Å². The third kappa shape index (κ3) is 4.20. The van der Waals surface area contributed by atoms with Crippen molar-refractivity contribution < 1.29 is 4.79 Å². The van der Waals surface area contributed by atoms with Crippen molar-refractivity contribution in [3.05, 3.63) is 48.3 Å². The number of nitrogens with one attached hydrogen (secondary N) is 2. The summed E-state index contributed by atoms with van der Waals surface area (Å²) < 4.78 is 1.90. The van der Waals surface area contributed by atoms with E-state index >= 15 is 0 Å². The van der Waals surface area contributed by atoms with Crippen LogP contribution in [0.15, 0.2) is 42.7 Å². The molecule has 0 aliphatic heterocycles. The zero-order valence-corrected chi connectivity index (χ0v) is 11.8. The fourth-order valence-corrected chi connectivity index (χ4v) is 2.04. The minimum atomic E-state index is -0.0542. The van der Waals surface area contributed by atoms with Gasteiger partial charge in [-0.25, -0.2) is 0 Å². The summed E-state index contributed by atoms with van der Waals surface area (Å²) >= 11 is 0. The van der Waals surface area contributed by atoms with E-state index in [1.165, 1.54) is 6.92 Å². The summed E-state index contributed by atoms with van der Waals surface area (Å²) in [4.78, 5) is 11.1. The first-order valence-electron chi connectivity index (χ1n) is 6.73. The largest absolute Gasteiger partial charge is 0.326 e. The molecule has 0 spiro atoms. The number of rotatable bonds is 6. The van der Waals surface area contributed by atoms with Crippen molar-refractivity contribution in [1.29, 1.82) is 0 Å². The standard InChI is InChI=1S/C15H20N4O/c1-12(16-8-10-19-9-4-7-17-19)14-5-3-6-15(11-14)18-13(2)20/h3-7,9,11-12,16H,8,10H2,1-2H3,(H,18,20). The zero-order valence-electron chi connectivity index (χ0n) is 11.8. The van der Waals surface area contributed by atoms with Gasteiger partial charge in [-0.15, -0.1) is 0 Å². The van der Waals surface area contributed by atoms with Gasteiger partial charge in [-0.2, -0.15) is 5.10 Å². The van der Waals surface area contributed by atoms with Crippen LogP contribution in [0.4, 0.5) is 5.69 Å². The molecule has 2 aromatic rings. The van der Waals surface area contributed by atoms with Crippen molar-refractivity contribution in [3.8, 4) is 0 Å². The first-order valence-corrected chi connectivity index (χ1v) is 6.73. The quantitative estimate of drug-likeness (QED) is 0.847. The Morgan fingerprint density at radius 3 is 2.95 bits per heavy atom. The van der Waals surface area contributed by atoms with Gasteiger partial charge in [-0.3, -0.25) is 9.48 Å². The lowest BCUT2D eigenvalue weighted by Gasteiger charge is -2.15. The summed E-state index contributed by atoms with van der Waals surface area (Å²) in [5, 5.41) is 10.4. The number of carbonyl (C=O) groups is 1. The molecular weight excluding hydrogens is 252 g/mol. The van der Waals surface area contributed by atoms with E-state index in [0.717, 1.165) is 24.3 Å². The molecule has 20 heavy (non-hydrogen) atoms. The summed E-state index contributed by atoms with van der Waals surface area (Å²) in [6.45, 7) is 5.30. The average Bonchev–Trinajstić information content (AvgIpc) is 2.91. The van der Waals surface area contributed by atoms with Gasteiger partial charge in [0.15, 0.2) is 0 Å². The molecule has 0 aliphatic carbocycles. The smallest absolute Gasteiger partial charge is 0.221 e. The molecule has 2 rings (SSSR count). The van der Waals surface area contributed by atoms with E-state index in [0.29, 0.717) is 0 Å². The van der Waals surface area contributed by atoms with Crippen LogP contribution in [0.2, 0.25) is 0 Å². The van der Waals surface area contributed by atoms with Crippen LogP contribution in [-0.4, -0.2) is 22.2 Å². The van der Waals surface area contributed by atoms with E-state index in [4.69, 9.17) is 0 Å². The monoisotopic (exact) mass is 272 g/mol. The van der Waals surface area contributed by atoms with Crippen LogP contribution < -0.4 is 10.6 Å². The van der Waals surface area contributed by atoms with Crippen LogP contribution in [0.25, 0.3) is 0 Å². The van der Waals surface area contributed by atoms with Crippen molar-refractivity contribution in [2.75, 3.05) is 11.9 Å². The van der Waals surface area contributed by atoms with E-state index in [1.807, 2.05) is 35.1 Å². The molecule has 0 saturated carbocycles. The molecule has 0 bridgehead atoms.